The first kappa shape index (κ1) is 23.1. The summed E-state index contributed by atoms with van der Waals surface area (Å²) in [7, 11) is 0. The first-order valence-corrected chi connectivity index (χ1v) is 10.7. The van der Waals surface area contributed by atoms with Gasteiger partial charge in [-0.2, -0.15) is 5.10 Å². The van der Waals surface area contributed by atoms with E-state index >= 15 is 0 Å². The number of benzene rings is 2. The van der Waals surface area contributed by atoms with Crippen LogP contribution in [0.1, 0.15) is 30.0 Å². The van der Waals surface area contributed by atoms with Crippen molar-refractivity contribution in [3.05, 3.63) is 83.1 Å². The molecule has 1 aliphatic heterocycles. The molecular formula is C24H23F2N5O3. The molecule has 0 unspecified atom stereocenters. The van der Waals surface area contributed by atoms with Gasteiger partial charge in [-0.1, -0.05) is 37.3 Å². The van der Waals surface area contributed by atoms with E-state index in [2.05, 4.69) is 15.7 Å². The van der Waals surface area contributed by atoms with Crippen LogP contribution in [0.3, 0.4) is 0 Å². The Labute approximate surface area is 194 Å². The van der Waals surface area contributed by atoms with Crippen molar-refractivity contribution in [2.75, 3.05) is 11.9 Å². The summed E-state index contributed by atoms with van der Waals surface area (Å²) in [4.78, 5) is 39.5. The van der Waals surface area contributed by atoms with Gasteiger partial charge in [0.25, 0.3) is 5.91 Å². The van der Waals surface area contributed by atoms with Gasteiger partial charge in [-0.05, 0) is 37.1 Å². The molecule has 0 saturated carbocycles. The maximum absolute atomic E-state index is 14.1. The van der Waals surface area contributed by atoms with Crippen LogP contribution in [0.4, 0.5) is 19.4 Å². The maximum atomic E-state index is 14.1. The summed E-state index contributed by atoms with van der Waals surface area (Å²) in [5, 5.41) is 9.49. The van der Waals surface area contributed by atoms with Crippen molar-refractivity contribution in [2.45, 2.75) is 32.4 Å². The number of aromatic nitrogens is 2. The summed E-state index contributed by atoms with van der Waals surface area (Å²) < 4.78 is 28.9. The highest BCUT2D eigenvalue weighted by atomic mass is 19.1. The Balaban J connectivity index is 1.51. The van der Waals surface area contributed by atoms with Crippen molar-refractivity contribution >= 4 is 23.7 Å². The van der Waals surface area contributed by atoms with Crippen molar-refractivity contribution in [1.29, 1.82) is 0 Å². The molecule has 4 amide bonds. The van der Waals surface area contributed by atoms with Crippen molar-refractivity contribution in [2.24, 2.45) is 0 Å². The van der Waals surface area contributed by atoms with Crippen LogP contribution in [-0.4, -0.2) is 39.1 Å². The van der Waals surface area contributed by atoms with Crippen LogP contribution < -0.4 is 10.6 Å². The number of anilines is 1. The van der Waals surface area contributed by atoms with Gasteiger partial charge in [0.1, 0.15) is 29.5 Å². The number of hydrogen-bond acceptors (Lipinski definition) is 4. The summed E-state index contributed by atoms with van der Waals surface area (Å²) >= 11 is 0. The minimum absolute atomic E-state index is 0.0586. The first-order chi connectivity index (χ1) is 16.2. The Hall–Kier alpha value is -4.08. The molecule has 0 radical (unpaired) electrons. The molecule has 2 heterocycles. The smallest absolute Gasteiger partial charge is 0.319 e. The summed E-state index contributed by atoms with van der Waals surface area (Å²) in [5.74, 6) is -2.10. The molecule has 10 heteroatoms. The van der Waals surface area contributed by atoms with Crippen LogP contribution in [0, 0.1) is 18.6 Å². The standard InChI is InChI=1S/C24H23F2N5O3/c1-3-24(17-7-5-4-6-8-17)22(33)30(23(34)29-24)14-20(32)28-21-15(2)12-27-31(21)13-16-11-18(25)9-10-19(16)26/h4-12H,3,13-14H2,1-2H3,(H,28,32)(H,29,34)/t24-/m0/s1. The lowest BCUT2D eigenvalue weighted by Crippen LogP contribution is -2.44. The van der Waals surface area contributed by atoms with Crippen molar-refractivity contribution < 1.29 is 23.2 Å². The number of halogens is 2. The van der Waals surface area contributed by atoms with Crippen LogP contribution in [0.25, 0.3) is 0 Å². The number of amides is 4. The molecule has 4 rings (SSSR count). The maximum Gasteiger partial charge on any atom is 0.325 e. The number of rotatable bonds is 7. The normalized spacial score (nSPS) is 17.7. The fourth-order valence-corrected chi connectivity index (χ4v) is 4.03. The van der Waals surface area contributed by atoms with Crippen molar-refractivity contribution in [3.63, 3.8) is 0 Å². The second-order valence-electron chi connectivity index (χ2n) is 8.06. The number of carbonyl (C=O) groups is 3. The third-order valence-electron chi connectivity index (χ3n) is 5.88. The molecule has 1 atom stereocenters. The third kappa shape index (κ3) is 4.14. The van der Waals surface area contributed by atoms with Crippen LogP contribution in [0.5, 0.6) is 0 Å². The van der Waals surface area contributed by atoms with E-state index in [1.165, 1.54) is 10.9 Å². The van der Waals surface area contributed by atoms with Crippen molar-refractivity contribution in [1.82, 2.24) is 20.0 Å². The lowest BCUT2D eigenvalue weighted by atomic mass is 9.87. The van der Waals surface area contributed by atoms with Gasteiger partial charge in [-0.3, -0.25) is 14.5 Å². The largest absolute Gasteiger partial charge is 0.325 e. The fourth-order valence-electron chi connectivity index (χ4n) is 4.03. The Morgan fingerprint density at radius 3 is 2.59 bits per heavy atom. The van der Waals surface area contributed by atoms with Gasteiger partial charge in [0.2, 0.25) is 5.91 Å². The van der Waals surface area contributed by atoms with Gasteiger partial charge in [0.15, 0.2) is 0 Å². The van der Waals surface area contributed by atoms with Gasteiger partial charge >= 0.3 is 6.03 Å². The Morgan fingerprint density at radius 2 is 1.88 bits per heavy atom. The zero-order valence-electron chi connectivity index (χ0n) is 18.6. The first-order valence-electron chi connectivity index (χ1n) is 10.7. The lowest BCUT2D eigenvalue weighted by Gasteiger charge is -2.25. The van der Waals surface area contributed by atoms with E-state index in [0.717, 1.165) is 23.1 Å². The zero-order valence-corrected chi connectivity index (χ0v) is 18.6. The highest BCUT2D eigenvalue weighted by Gasteiger charge is 2.51. The summed E-state index contributed by atoms with van der Waals surface area (Å²) in [6, 6.07) is 11.3. The van der Waals surface area contributed by atoms with Crippen LogP contribution >= 0.6 is 0 Å². The molecule has 1 aromatic heterocycles. The van der Waals surface area contributed by atoms with Gasteiger partial charge in [-0.25, -0.2) is 18.3 Å². The van der Waals surface area contributed by atoms with E-state index in [-0.39, 0.29) is 17.9 Å². The second kappa shape index (κ2) is 9.05. The Bertz CT molecular complexity index is 1260. The van der Waals surface area contributed by atoms with E-state index in [1.807, 2.05) is 0 Å². The molecule has 3 aromatic rings. The second-order valence-corrected chi connectivity index (χ2v) is 8.06. The SMILES string of the molecule is CC[C@@]1(c2ccccc2)NC(=O)N(CC(=O)Nc2c(C)cnn2Cc2cc(F)ccc2F)C1=O. The van der Waals surface area contributed by atoms with Crippen LogP contribution in [-0.2, 0) is 21.7 Å². The van der Waals surface area contributed by atoms with E-state index in [9.17, 15) is 23.2 Å². The quantitative estimate of drug-likeness (QED) is 0.521. The highest BCUT2D eigenvalue weighted by molar-refractivity contribution is 6.10. The van der Waals surface area contributed by atoms with Gasteiger partial charge in [0, 0.05) is 11.1 Å². The Kier molecular flexibility index (Phi) is 6.14. The average Bonchev–Trinajstić information content (AvgIpc) is 3.28. The minimum atomic E-state index is -1.24. The summed E-state index contributed by atoms with van der Waals surface area (Å²) in [5.41, 5.74) is 0.0215. The number of nitrogens with zero attached hydrogens (tertiary/aromatic N) is 3. The number of hydrogen-bond donors (Lipinski definition) is 2. The molecule has 1 fully saturated rings. The third-order valence-corrected chi connectivity index (χ3v) is 5.88. The van der Waals surface area contributed by atoms with E-state index in [0.29, 0.717) is 17.5 Å². The van der Waals surface area contributed by atoms with Gasteiger partial charge < -0.3 is 10.6 Å². The zero-order chi connectivity index (χ0) is 24.5. The number of urea groups is 1. The van der Waals surface area contributed by atoms with Gasteiger partial charge in [0.05, 0.1) is 12.7 Å². The van der Waals surface area contributed by atoms with Crippen LogP contribution in [0.15, 0.2) is 54.7 Å². The average molecular weight is 467 g/mol. The highest BCUT2D eigenvalue weighted by Crippen LogP contribution is 2.32. The molecule has 8 nitrogen and oxygen atoms in total. The molecule has 0 bridgehead atoms. The predicted octanol–water partition coefficient (Wildman–Crippen LogP) is 3.31. The molecule has 1 aliphatic rings. The molecule has 34 heavy (non-hydrogen) atoms. The van der Waals surface area contributed by atoms with E-state index < -0.39 is 41.6 Å². The predicted molar refractivity (Wildman–Crippen MR) is 120 cm³/mol. The molecule has 2 aromatic carbocycles. The molecule has 2 N–H and O–H groups in total. The van der Waals surface area contributed by atoms with Crippen molar-refractivity contribution in [3.8, 4) is 0 Å². The molecular weight excluding hydrogens is 444 g/mol. The monoisotopic (exact) mass is 467 g/mol. The number of nitrogens with one attached hydrogen (secondary N) is 2. The topological polar surface area (TPSA) is 96.3 Å². The molecule has 1 saturated heterocycles. The van der Waals surface area contributed by atoms with Gasteiger partial charge in [-0.15, -0.1) is 0 Å². The number of aryl methyl sites for hydroxylation is 1. The fraction of sp³-hybridized carbons (Fsp3) is 0.250. The molecule has 0 spiro atoms. The lowest BCUT2D eigenvalue weighted by molar-refractivity contribution is -0.134. The summed E-state index contributed by atoms with van der Waals surface area (Å²) in [6.45, 7) is 2.83. The number of imide groups is 1. The number of carbonyl (C=O) groups excluding carboxylic acids is 3. The van der Waals surface area contributed by atoms with Crippen LogP contribution in [0.2, 0.25) is 0 Å². The molecule has 176 valence electrons. The van der Waals surface area contributed by atoms with E-state index in [1.54, 1.807) is 44.2 Å². The van der Waals surface area contributed by atoms with E-state index in [4.69, 9.17) is 0 Å². The Morgan fingerprint density at radius 1 is 1.15 bits per heavy atom. The minimum Gasteiger partial charge on any atom is -0.319 e. The summed E-state index contributed by atoms with van der Waals surface area (Å²) in [6.07, 6.45) is 1.78. The molecule has 0 aliphatic carbocycles.